The molecule has 0 spiro atoms. The van der Waals surface area contributed by atoms with Crippen LogP contribution in [-0.4, -0.2) is 18.4 Å². The Morgan fingerprint density at radius 3 is 2.55 bits per heavy atom. The zero-order valence-electron chi connectivity index (χ0n) is 13.8. The van der Waals surface area contributed by atoms with Gasteiger partial charge in [0.25, 0.3) is 0 Å². The first-order chi connectivity index (χ1) is 10.2. The van der Waals surface area contributed by atoms with E-state index in [0.717, 1.165) is 6.42 Å². The van der Waals surface area contributed by atoms with Crippen LogP contribution in [0.15, 0.2) is 21.5 Å². The Kier molecular flexibility index (Phi) is 6.46. The molecule has 1 aromatic heterocycles. The van der Waals surface area contributed by atoms with Gasteiger partial charge in [-0.3, -0.25) is 4.79 Å². The smallest absolute Gasteiger partial charge is 0.487 e. The van der Waals surface area contributed by atoms with Crippen LogP contribution in [0.4, 0.5) is 4.79 Å². The lowest BCUT2D eigenvalue weighted by Gasteiger charge is -2.18. The van der Waals surface area contributed by atoms with Gasteiger partial charge in [0.05, 0.1) is 6.61 Å². The van der Waals surface area contributed by atoms with Crippen LogP contribution in [0.2, 0.25) is 0 Å². The minimum atomic E-state index is -0.813. The van der Waals surface area contributed by atoms with Crippen molar-refractivity contribution in [2.45, 2.75) is 53.2 Å². The van der Waals surface area contributed by atoms with Crippen LogP contribution in [0.25, 0.3) is 0 Å². The van der Waals surface area contributed by atoms with Gasteiger partial charge in [-0.05, 0) is 33.1 Å². The van der Waals surface area contributed by atoms with Gasteiger partial charge < -0.3 is 18.6 Å². The summed E-state index contributed by atoms with van der Waals surface area (Å²) in [7, 11) is 0. The molecule has 1 heterocycles. The van der Waals surface area contributed by atoms with Crippen molar-refractivity contribution in [1.29, 1.82) is 0 Å². The molecule has 0 aliphatic rings. The summed E-state index contributed by atoms with van der Waals surface area (Å²) < 4.78 is 20.4. The van der Waals surface area contributed by atoms with Crippen LogP contribution in [0.5, 0.6) is 5.75 Å². The Bertz CT molecular complexity index is 538. The molecule has 0 saturated heterocycles. The largest absolute Gasteiger partial charge is 0.509 e. The quantitative estimate of drug-likeness (QED) is 0.748. The van der Waals surface area contributed by atoms with E-state index in [4.69, 9.17) is 18.6 Å². The first-order valence-corrected chi connectivity index (χ1v) is 7.27. The zero-order chi connectivity index (χ0) is 16.8. The number of ether oxygens (including phenoxy) is 3. The molecule has 0 fully saturated rings. The standard InChI is InChI=1S/C16H24O6/c1-11(2)6-7-19-14-10-20-12(8-13(14)17)9-21-15(18)22-16(3,4)5/h8,10-11H,6-7,9H2,1-5H3. The maximum absolute atomic E-state index is 11.8. The summed E-state index contributed by atoms with van der Waals surface area (Å²) in [6, 6.07) is 1.25. The van der Waals surface area contributed by atoms with Crippen LogP contribution in [-0.2, 0) is 16.1 Å². The topological polar surface area (TPSA) is 75.0 Å². The Labute approximate surface area is 130 Å². The molecule has 22 heavy (non-hydrogen) atoms. The van der Waals surface area contributed by atoms with E-state index < -0.39 is 11.8 Å². The van der Waals surface area contributed by atoms with E-state index in [1.54, 1.807) is 20.8 Å². The van der Waals surface area contributed by atoms with E-state index in [2.05, 4.69) is 13.8 Å². The number of rotatable bonds is 6. The van der Waals surface area contributed by atoms with Gasteiger partial charge in [0.15, 0.2) is 6.61 Å². The summed E-state index contributed by atoms with van der Waals surface area (Å²) in [6.45, 7) is 9.63. The Morgan fingerprint density at radius 2 is 2.00 bits per heavy atom. The van der Waals surface area contributed by atoms with Crippen LogP contribution in [0, 0.1) is 5.92 Å². The molecule has 0 saturated carbocycles. The fourth-order valence-corrected chi connectivity index (χ4v) is 1.43. The third-order valence-corrected chi connectivity index (χ3v) is 2.53. The highest BCUT2D eigenvalue weighted by atomic mass is 16.7. The van der Waals surface area contributed by atoms with Gasteiger partial charge in [0.2, 0.25) is 11.2 Å². The van der Waals surface area contributed by atoms with Crippen molar-refractivity contribution in [3.63, 3.8) is 0 Å². The molecule has 0 aliphatic heterocycles. The fourth-order valence-electron chi connectivity index (χ4n) is 1.43. The van der Waals surface area contributed by atoms with E-state index in [-0.39, 0.29) is 23.5 Å². The SMILES string of the molecule is CC(C)CCOc1coc(COC(=O)OC(C)(C)C)cc1=O. The molecule has 6 heteroatoms. The summed E-state index contributed by atoms with van der Waals surface area (Å²) >= 11 is 0. The first-order valence-electron chi connectivity index (χ1n) is 7.27. The number of hydrogen-bond donors (Lipinski definition) is 0. The van der Waals surface area contributed by atoms with Crippen molar-refractivity contribution in [2.75, 3.05) is 6.61 Å². The molecule has 1 rings (SSSR count). The molecule has 124 valence electrons. The van der Waals surface area contributed by atoms with Crippen LogP contribution >= 0.6 is 0 Å². The normalized spacial score (nSPS) is 11.4. The van der Waals surface area contributed by atoms with Crippen molar-refractivity contribution in [2.24, 2.45) is 5.92 Å². The van der Waals surface area contributed by atoms with Gasteiger partial charge in [0, 0.05) is 6.07 Å². The number of hydrogen-bond acceptors (Lipinski definition) is 6. The molecule has 0 atom stereocenters. The molecule has 1 aromatic rings. The van der Waals surface area contributed by atoms with Crippen molar-refractivity contribution in [3.8, 4) is 5.75 Å². The molecular weight excluding hydrogens is 288 g/mol. The van der Waals surface area contributed by atoms with E-state index in [9.17, 15) is 9.59 Å². The third kappa shape index (κ3) is 7.15. The van der Waals surface area contributed by atoms with Gasteiger partial charge in [0.1, 0.15) is 17.6 Å². The number of carbonyl (C=O) groups excluding carboxylic acids is 1. The van der Waals surface area contributed by atoms with Crippen LogP contribution in [0.1, 0.15) is 46.8 Å². The lowest BCUT2D eigenvalue weighted by Crippen LogP contribution is -2.24. The maximum Gasteiger partial charge on any atom is 0.509 e. The molecule has 0 aromatic carbocycles. The second-order valence-electron chi connectivity index (χ2n) is 6.36. The van der Waals surface area contributed by atoms with E-state index in [0.29, 0.717) is 12.5 Å². The molecule has 0 radical (unpaired) electrons. The summed E-state index contributed by atoms with van der Waals surface area (Å²) in [5.41, 5.74) is -0.941. The molecule has 6 nitrogen and oxygen atoms in total. The van der Waals surface area contributed by atoms with Gasteiger partial charge in [-0.2, -0.15) is 0 Å². The Morgan fingerprint density at radius 1 is 1.32 bits per heavy atom. The average Bonchev–Trinajstić information content (AvgIpc) is 2.36. The second kappa shape index (κ2) is 7.87. The molecular formula is C16H24O6. The number of carbonyl (C=O) groups is 1. The Balaban J connectivity index is 2.51. The minimum Gasteiger partial charge on any atom is -0.487 e. The third-order valence-electron chi connectivity index (χ3n) is 2.53. The summed E-state index contributed by atoms with van der Waals surface area (Å²) in [4.78, 5) is 23.2. The Hall–Kier alpha value is -1.98. The monoisotopic (exact) mass is 312 g/mol. The van der Waals surface area contributed by atoms with Crippen LogP contribution < -0.4 is 10.2 Å². The highest BCUT2D eigenvalue weighted by Crippen LogP contribution is 2.11. The molecule has 0 bridgehead atoms. The summed E-state index contributed by atoms with van der Waals surface area (Å²) in [5, 5.41) is 0. The van der Waals surface area contributed by atoms with Crippen molar-refractivity contribution in [1.82, 2.24) is 0 Å². The van der Waals surface area contributed by atoms with E-state index in [1.165, 1.54) is 12.3 Å². The first kappa shape index (κ1) is 18.1. The molecule has 0 aliphatic carbocycles. The average molecular weight is 312 g/mol. The van der Waals surface area contributed by atoms with E-state index in [1.807, 2.05) is 0 Å². The van der Waals surface area contributed by atoms with Crippen molar-refractivity contribution >= 4 is 6.16 Å². The highest BCUT2D eigenvalue weighted by molar-refractivity contribution is 5.60. The van der Waals surface area contributed by atoms with Gasteiger partial charge in [-0.15, -0.1) is 0 Å². The molecule has 0 amide bonds. The summed E-state index contributed by atoms with van der Waals surface area (Å²) in [6.07, 6.45) is 1.27. The second-order valence-corrected chi connectivity index (χ2v) is 6.36. The predicted octanol–water partition coefficient (Wildman–Crippen LogP) is 3.52. The summed E-state index contributed by atoms with van der Waals surface area (Å²) in [5.74, 6) is 0.877. The maximum atomic E-state index is 11.8. The van der Waals surface area contributed by atoms with Crippen LogP contribution in [0.3, 0.4) is 0 Å². The van der Waals surface area contributed by atoms with Gasteiger partial charge in [-0.1, -0.05) is 13.8 Å². The zero-order valence-corrected chi connectivity index (χ0v) is 13.8. The van der Waals surface area contributed by atoms with Crippen molar-refractivity contribution in [3.05, 3.63) is 28.3 Å². The predicted molar refractivity (Wildman–Crippen MR) is 81.0 cm³/mol. The highest BCUT2D eigenvalue weighted by Gasteiger charge is 2.18. The minimum absolute atomic E-state index is 0.154. The van der Waals surface area contributed by atoms with E-state index >= 15 is 0 Å². The lowest BCUT2D eigenvalue weighted by molar-refractivity contribution is -0.0134. The molecule has 0 unspecified atom stereocenters. The van der Waals surface area contributed by atoms with Crippen molar-refractivity contribution < 1.29 is 23.4 Å². The molecule has 0 N–H and O–H groups in total. The van der Waals surface area contributed by atoms with Gasteiger partial charge in [-0.25, -0.2) is 4.79 Å². The fraction of sp³-hybridized carbons (Fsp3) is 0.625. The van der Waals surface area contributed by atoms with Gasteiger partial charge >= 0.3 is 6.16 Å². The lowest BCUT2D eigenvalue weighted by atomic mass is 10.1.